The Labute approximate surface area is 179 Å². The quantitative estimate of drug-likeness (QED) is 0.457. The van der Waals surface area contributed by atoms with Gasteiger partial charge in [0.05, 0.1) is 7.11 Å². The number of fused-ring (bicyclic) bond motifs is 1. The summed E-state index contributed by atoms with van der Waals surface area (Å²) in [5, 5.41) is 8.31. The van der Waals surface area contributed by atoms with Gasteiger partial charge in [-0.1, -0.05) is 6.07 Å². The van der Waals surface area contributed by atoms with Crippen molar-refractivity contribution in [3.8, 4) is 16.9 Å². The van der Waals surface area contributed by atoms with E-state index in [4.69, 9.17) is 4.74 Å². The fourth-order valence-electron chi connectivity index (χ4n) is 3.63. The Kier molecular flexibility index (Phi) is 5.45. The second-order valence-electron chi connectivity index (χ2n) is 7.24. The molecule has 0 radical (unpaired) electrons. The summed E-state index contributed by atoms with van der Waals surface area (Å²) >= 11 is 0. The van der Waals surface area contributed by atoms with E-state index in [1.807, 2.05) is 16.5 Å². The van der Waals surface area contributed by atoms with Crippen LogP contribution in [0.15, 0.2) is 53.8 Å². The van der Waals surface area contributed by atoms with Gasteiger partial charge in [-0.25, -0.2) is 17.8 Å². The number of benzene rings is 1. The van der Waals surface area contributed by atoms with Crippen molar-refractivity contribution in [3.63, 3.8) is 0 Å². The first-order valence-electron chi connectivity index (χ1n) is 9.60. The molecule has 3 aromatic heterocycles. The lowest BCUT2D eigenvalue weighted by atomic mass is 10.0. The molecule has 0 saturated carbocycles. The SMILES string of the molecule is COc1cccc(F)c1CCc1ccc(-c2ccc(S(C)(=O)=O)nc2C)c2nncn12. The molecule has 0 aliphatic carbocycles. The average Bonchev–Trinajstić information content (AvgIpc) is 3.22. The van der Waals surface area contributed by atoms with E-state index in [0.717, 1.165) is 23.1 Å². The topological polar surface area (TPSA) is 86.5 Å². The number of pyridine rings is 2. The zero-order chi connectivity index (χ0) is 22.2. The molecule has 4 aromatic rings. The molecule has 160 valence electrons. The summed E-state index contributed by atoms with van der Waals surface area (Å²) in [4.78, 5) is 4.24. The van der Waals surface area contributed by atoms with Gasteiger partial charge in [-0.15, -0.1) is 10.2 Å². The Morgan fingerprint density at radius 1 is 1.06 bits per heavy atom. The molecule has 9 heteroatoms. The molecular formula is C22H21FN4O3S. The van der Waals surface area contributed by atoms with Gasteiger partial charge in [0, 0.05) is 34.3 Å². The summed E-state index contributed by atoms with van der Waals surface area (Å²) in [5.41, 5.74) is 4.19. The van der Waals surface area contributed by atoms with Crippen molar-refractivity contribution in [1.82, 2.24) is 19.6 Å². The molecule has 0 aliphatic heterocycles. The molecule has 3 heterocycles. The molecule has 0 unspecified atom stereocenters. The van der Waals surface area contributed by atoms with Crippen molar-refractivity contribution in [2.24, 2.45) is 0 Å². The Hall–Kier alpha value is -3.33. The highest BCUT2D eigenvalue weighted by molar-refractivity contribution is 7.90. The number of aromatic nitrogens is 4. The summed E-state index contributed by atoms with van der Waals surface area (Å²) in [5.74, 6) is 0.216. The van der Waals surface area contributed by atoms with Crippen molar-refractivity contribution < 1.29 is 17.5 Å². The summed E-state index contributed by atoms with van der Waals surface area (Å²) in [6, 6.07) is 11.8. The zero-order valence-corrected chi connectivity index (χ0v) is 18.1. The molecule has 7 nitrogen and oxygen atoms in total. The van der Waals surface area contributed by atoms with Gasteiger partial charge < -0.3 is 4.74 Å². The molecule has 31 heavy (non-hydrogen) atoms. The highest BCUT2D eigenvalue weighted by Crippen LogP contribution is 2.29. The van der Waals surface area contributed by atoms with Crippen LogP contribution in [0.3, 0.4) is 0 Å². The van der Waals surface area contributed by atoms with Crippen molar-refractivity contribution in [3.05, 3.63) is 71.6 Å². The third kappa shape index (κ3) is 4.00. The van der Waals surface area contributed by atoms with Crippen LogP contribution in [-0.2, 0) is 22.7 Å². The average molecular weight is 441 g/mol. The van der Waals surface area contributed by atoms with Crippen molar-refractivity contribution in [1.29, 1.82) is 0 Å². The zero-order valence-electron chi connectivity index (χ0n) is 17.3. The molecular weight excluding hydrogens is 419 g/mol. The predicted octanol–water partition coefficient (Wildman–Crippen LogP) is 3.44. The fourth-order valence-corrected chi connectivity index (χ4v) is 4.25. The van der Waals surface area contributed by atoms with Gasteiger partial charge >= 0.3 is 0 Å². The van der Waals surface area contributed by atoms with Gasteiger partial charge in [-0.3, -0.25) is 4.40 Å². The minimum Gasteiger partial charge on any atom is -0.496 e. The van der Waals surface area contributed by atoms with Crippen LogP contribution in [0.1, 0.15) is 17.0 Å². The largest absolute Gasteiger partial charge is 0.496 e. The number of rotatable bonds is 6. The summed E-state index contributed by atoms with van der Waals surface area (Å²) in [7, 11) is -1.87. The molecule has 0 N–H and O–H groups in total. The molecule has 0 spiro atoms. The van der Waals surface area contributed by atoms with Crippen molar-refractivity contribution in [2.45, 2.75) is 24.8 Å². The van der Waals surface area contributed by atoms with Gasteiger partial charge in [-0.2, -0.15) is 0 Å². The lowest BCUT2D eigenvalue weighted by molar-refractivity contribution is 0.404. The Morgan fingerprint density at radius 2 is 1.84 bits per heavy atom. The molecule has 0 aliphatic rings. The van der Waals surface area contributed by atoms with Crippen LogP contribution >= 0.6 is 0 Å². The minimum absolute atomic E-state index is 0.0293. The fraction of sp³-hybridized carbons (Fsp3) is 0.227. The molecule has 0 saturated heterocycles. The van der Waals surface area contributed by atoms with Gasteiger partial charge in [0.25, 0.3) is 0 Å². The van der Waals surface area contributed by atoms with E-state index in [0.29, 0.717) is 35.5 Å². The van der Waals surface area contributed by atoms with E-state index in [1.54, 1.807) is 31.5 Å². The summed E-state index contributed by atoms with van der Waals surface area (Å²) in [6.07, 6.45) is 3.74. The monoisotopic (exact) mass is 440 g/mol. The first-order chi connectivity index (χ1) is 14.8. The molecule has 0 amide bonds. The second-order valence-corrected chi connectivity index (χ2v) is 9.20. The smallest absolute Gasteiger partial charge is 0.192 e. The maximum atomic E-state index is 14.3. The van der Waals surface area contributed by atoms with Crippen LogP contribution in [0, 0.1) is 12.7 Å². The normalized spacial score (nSPS) is 11.7. The summed E-state index contributed by atoms with van der Waals surface area (Å²) in [6.45, 7) is 1.76. The number of methoxy groups -OCH3 is 1. The van der Waals surface area contributed by atoms with Crippen LogP contribution in [0.5, 0.6) is 5.75 Å². The molecule has 0 atom stereocenters. The minimum atomic E-state index is -3.39. The standard InChI is InChI=1S/C22H21FN4O3S/c1-14-16(11-12-21(25-14)31(3,28)29)17-9-7-15(27-13-24-26-22(17)27)8-10-18-19(23)5-4-6-20(18)30-2/h4-7,9,11-13H,8,10H2,1-3H3. The number of sulfone groups is 1. The van der Waals surface area contributed by atoms with E-state index >= 15 is 0 Å². The molecule has 4 rings (SSSR count). The van der Waals surface area contributed by atoms with Crippen LogP contribution in [0.4, 0.5) is 4.39 Å². The van der Waals surface area contributed by atoms with E-state index in [2.05, 4.69) is 15.2 Å². The number of hydrogen-bond donors (Lipinski definition) is 0. The third-order valence-corrected chi connectivity index (χ3v) is 6.18. The number of halogens is 1. The highest BCUT2D eigenvalue weighted by Gasteiger charge is 2.16. The number of hydrogen-bond acceptors (Lipinski definition) is 6. The van der Waals surface area contributed by atoms with Gasteiger partial charge in [0.2, 0.25) is 0 Å². The first kappa shape index (κ1) is 20.9. The van der Waals surface area contributed by atoms with Crippen molar-refractivity contribution in [2.75, 3.05) is 13.4 Å². The van der Waals surface area contributed by atoms with Crippen LogP contribution in [0.2, 0.25) is 0 Å². The van der Waals surface area contributed by atoms with Crippen LogP contribution < -0.4 is 4.74 Å². The van der Waals surface area contributed by atoms with Gasteiger partial charge in [-0.05, 0) is 56.2 Å². The Bertz CT molecular complexity index is 1380. The lowest BCUT2D eigenvalue weighted by Crippen LogP contribution is -2.05. The maximum absolute atomic E-state index is 14.3. The van der Waals surface area contributed by atoms with E-state index in [-0.39, 0.29) is 10.8 Å². The van der Waals surface area contributed by atoms with E-state index in [1.165, 1.54) is 19.2 Å². The molecule has 0 bridgehead atoms. The highest BCUT2D eigenvalue weighted by atomic mass is 32.2. The Balaban J connectivity index is 1.71. The van der Waals surface area contributed by atoms with Gasteiger partial charge in [0.1, 0.15) is 17.9 Å². The predicted molar refractivity (Wildman–Crippen MR) is 114 cm³/mol. The van der Waals surface area contributed by atoms with Crippen molar-refractivity contribution >= 4 is 15.5 Å². The lowest BCUT2D eigenvalue weighted by Gasteiger charge is -2.12. The molecule has 0 fully saturated rings. The van der Waals surface area contributed by atoms with E-state index < -0.39 is 9.84 Å². The maximum Gasteiger partial charge on any atom is 0.192 e. The summed E-state index contributed by atoms with van der Waals surface area (Å²) < 4.78 is 45.0. The first-order valence-corrected chi connectivity index (χ1v) is 11.5. The van der Waals surface area contributed by atoms with Crippen LogP contribution in [0.25, 0.3) is 16.8 Å². The Morgan fingerprint density at radius 3 is 2.55 bits per heavy atom. The second kappa shape index (κ2) is 8.07. The number of ether oxygens (including phenoxy) is 1. The van der Waals surface area contributed by atoms with Gasteiger partial charge in [0.15, 0.2) is 20.5 Å². The third-order valence-electron chi connectivity index (χ3n) is 5.20. The molecule has 1 aromatic carbocycles. The number of aryl methyl sites for hydroxylation is 2. The number of nitrogens with zero attached hydrogens (tertiary/aromatic N) is 4. The van der Waals surface area contributed by atoms with Crippen LogP contribution in [-0.4, -0.2) is 41.4 Å². The van der Waals surface area contributed by atoms with E-state index in [9.17, 15) is 12.8 Å².